The zero-order chi connectivity index (χ0) is 11.1. The SMILES string of the molecule is CC[C@H]1CC=C2OC=CC(=O)[C@@]2(O)[C@H]1O. The van der Waals surface area contributed by atoms with E-state index in [1.165, 1.54) is 6.26 Å². The van der Waals surface area contributed by atoms with Gasteiger partial charge in [-0.3, -0.25) is 4.79 Å². The van der Waals surface area contributed by atoms with Crippen LogP contribution in [-0.2, 0) is 9.53 Å². The van der Waals surface area contributed by atoms with Crippen molar-refractivity contribution in [3.05, 3.63) is 24.2 Å². The van der Waals surface area contributed by atoms with Crippen molar-refractivity contribution in [2.24, 2.45) is 5.92 Å². The zero-order valence-electron chi connectivity index (χ0n) is 8.51. The summed E-state index contributed by atoms with van der Waals surface area (Å²) in [6, 6.07) is 0. The van der Waals surface area contributed by atoms with Crippen LogP contribution in [-0.4, -0.2) is 27.7 Å². The molecule has 0 radical (unpaired) electrons. The van der Waals surface area contributed by atoms with Crippen LogP contribution in [0.2, 0.25) is 0 Å². The van der Waals surface area contributed by atoms with E-state index in [1.54, 1.807) is 6.08 Å². The molecule has 0 saturated heterocycles. The molecule has 0 aromatic rings. The molecule has 15 heavy (non-hydrogen) atoms. The maximum atomic E-state index is 11.6. The standard InChI is InChI=1S/C11H14O4/c1-2-7-3-4-9-11(14,10(7)13)8(12)5-6-15-9/h4-7,10,13-14H,2-3H2,1H3/t7-,10-,11-/m0/s1. The van der Waals surface area contributed by atoms with Gasteiger partial charge in [-0.05, 0) is 18.4 Å². The Bertz CT molecular complexity index is 344. The number of ketones is 1. The lowest BCUT2D eigenvalue weighted by atomic mass is 9.75. The quantitative estimate of drug-likeness (QED) is 0.661. The van der Waals surface area contributed by atoms with Crippen LogP contribution in [0, 0.1) is 5.92 Å². The van der Waals surface area contributed by atoms with Crippen molar-refractivity contribution in [2.75, 3.05) is 0 Å². The molecule has 0 saturated carbocycles. The molecule has 2 rings (SSSR count). The van der Waals surface area contributed by atoms with Crippen molar-refractivity contribution in [1.29, 1.82) is 0 Å². The average Bonchev–Trinajstić information content (AvgIpc) is 2.23. The maximum Gasteiger partial charge on any atom is 0.210 e. The summed E-state index contributed by atoms with van der Waals surface area (Å²) in [7, 11) is 0. The molecule has 2 N–H and O–H groups in total. The summed E-state index contributed by atoms with van der Waals surface area (Å²) in [5.74, 6) is -0.448. The number of rotatable bonds is 1. The van der Waals surface area contributed by atoms with Crippen LogP contribution in [0.25, 0.3) is 0 Å². The van der Waals surface area contributed by atoms with Gasteiger partial charge in [-0.2, -0.15) is 0 Å². The van der Waals surface area contributed by atoms with Gasteiger partial charge >= 0.3 is 0 Å². The van der Waals surface area contributed by atoms with Crippen molar-refractivity contribution in [3.8, 4) is 0 Å². The van der Waals surface area contributed by atoms with Crippen LogP contribution in [0.3, 0.4) is 0 Å². The molecule has 2 aliphatic rings. The Morgan fingerprint density at radius 1 is 1.67 bits per heavy atom. The largest absolute Gasteiger partial charge is 0.466 e. The minimum absolute atomic E-state index is 0.0993. The highest BCUT2D eigenvalue weighted by Gasteiger charge is 2.52. The van der Waals surface area contributed by atoms with Gasteiger partial charge in [-0.15, -0.1) is 0 Å². The molecule has 1 heterocycles. The topological polar surface area (TPSA) is 66.8 Å². The number of carbonyl (C=O) groups excluding carboxylic acids is 1. The lowest BCUT2D eigenvalue weighted by Gasteiger charge is -2.40. The number of carbonyl (C=O) groups is 1. The van der Waals surface area contributed by atoms with Gasteiger partial charge in [0.05, 0.1) is 6.26 Å². The molecule has 3 atom stereocenters. The van der Waals surface area contributed by atoms with Crippen molar-refractivity contribution >= 4 is 5.78 Å². The van der Waals surface area contributed by atoms with E-state index in [1.807, 2.05) is 6.92 Å². The van der Waals surface area contributed by atoms with Crippen LogP contribution in [0.1, 0.15) is 19.8 Å². The number of aliphatic hydroxyl groups is 2. The van der Waals surface area contributed by atoms with Gasteiger partial charge in [0.25, 0.3) is 0 Å². The fourth-order valence-electron chi connectivity index (χ4n) is 2.12. The Balaban J connectivity index is 2.43. The molecule has 0 aromatic heterocycles. The first-order valence-electron chi connectivity index (χ1n) is 5.09. The smallest absolute Gasteiger partial charge is 0.210 e. The lowest BCUT2D eigenvalue weighted by Crippen LogP contribution is -2.56. The molecule has 0 fully saturated rings. The van der Waals surface area contributed by atoms with Crippen LogP contribution in [0.15, 0.2) is 24.2 Å². The second kappa shape index (κ2) is 3.47. The van der Waals surface area contributed by atoms with Crippen LogP contribution < -0.4 is 0 Å². The van der Waals surface area contributed by atoms with Gasteiger partial charge < -0.3 is 14.9 Å². The Morgan fingerprint density at radius 2 is 2.40 bits per heavy atom. The third-order valence-electron chi connectivity index (χ3n) is 3.17. The van der Waals surface area contributed by atoms with Crippen LogP contribution in [0.4, 0.5) is 0 Å². The molecule has 0 unspecified atom stereocenters. The summed E-state index contributed by atoms with van der Waals surface area (Å²) in [5.41, 5.74) is -1.87. The summed E-state index contributed by atoms with van der Waals surface area (Å²) in [5, 5.41) is 20.2. The molecule has 1 aliphatic heterocycles. The average molecular weight is 210 g/mol. The Labute approximate surface area is 87.9 Å². The molecule has 1 aliphatic carbocycles. The fourth-order valence-corrected chi connectivity index (χ4v) is 2.12. The Morgan fingerprint density at radius 3 is 3.07 bits per heavy atom. The van der Waals surface area contributed by atoms with Gasteiger partial charge in [0.15, 0.2) is 0 Å². The van der Waals surface area contributed by atoms with Gasteiger partial charge in [-0.25, -0.2) is 0 Å². The second-order valence-corrected chi connectivity index (χ2v) is 3.97. The maximum absolute atomic E-state index is 11.6. The number of hydrogen-bond donors (Lipinski definition) is 2. The summed E-state index contributed by atoms with van der Waals surface area (Å²) in [4.78, 5) is 11.6. The van der Waals surface area contributed by atoms with E-state index in [0.717, 1.165) is 6.08 Å². The highest BCUT2D eigenvalue weighted by molar-refractivity contribution is 6.00. The molecule has 0 aromatic carbocycles. The number of allylic oxidation sites excluding steroid dienone is 1. The third kappa shape index (κ3) is 1.33. The van der Waals surface area contributed by atoms with Gasteiger partial charge in [-0.1, -0.05) is 13.3 Å². The first-order chi connectivity index (χ1) is 7.10. The van der Waals surface area contributed by atoms with Gasteiger partial charge in [0.2, 0.25) is 11.4 Å². The van der Waals surface area contributed by atoms with E-state index >= 15 is 0 Å². The zero-order valence-corrected chi connectivity index (χ0v) is 8.51. The number of fused-ring (bicyclic) bond motifs is 1. The van der Waals surface area contributed by atoms with E-state index in [4.69, 9.17) is 4.74 Å². The predicted octanol–water partition coefficient (Wildman–Crippen LogP) is 0.505. The Kier molecular flexibility index (Phi) is 2.40. The van der Waals surface area contributed by atoms with E-state index in [2.05, 4.69) is 0 Å². The second-order valence-electron chi connectivity index (χ2n) is 3.97. The van der Waals surface area contributed by atoms with E-state index in [-0.39, 0.29) is 11.7 Å². The lowest BCUT2D eigenvalue weighted by molar-refractivity contribution is -0.153. The van der Waals surface area contributed by atoms with Crippen LogP contribution >= 0.6 is 0 Å². The monoisotopic (exact) mass is 210 g/mol. The molecular weight excluding hydrogens is 196 g/mol. The first-order valence-corrected chi connectivity index (χ1v) is 5.09. The van der Waals surface area contributed by atoms with Gasteiger partial charge in [0, 0.05) is 6.08 Å². The Hall–Kier alpha value is -1.13. The first kappa shape index (κ1) is 10.4. The third-order valence-corrected chi connectivity index (χ3v) is 3.17. The number of hydrogen-bond acceptors (Lipinski definition) is 4. The van der Waals surface area contributed by atoms with E-state index in [9.17, 15) is 15.0 Å². The van der Waals surface area contributed by atoms with Crippen LogP contribution in [0.5, 0.6) is 0 Å². The number of aliphatic hydroxyl groups excluding tert-OH is 1. The number of ether oxygens (including phenoxy) is 1. The van der Waals surface area contributed by atoms with Crippen molar-refractivity contribution < 1.29 is 19.7 Å². The predicted molar refractivity (Wildman–Crippen MR) is 52.7 cm³/mol. The highest BCUT2D eigenvalue weighted by Crippen LogP contribution is 2.38. The van der Waals surface area contributed by atoms with Crippen molar-refractivity contribution in [3.63, 3.8) is 0 Å². The summed E-state index contributed by atoms with van der Waals surface area (Å²) in [6.07, 6.45) is 4.32. The summed E-state index contributed by atoms with van der Waals surface area (Å²) < 4.78 is 5.07. The molecule has 0 amide bonds. The molecular formula is C11H14O4. The molecule has 0 spiro atoms. The molecule has 4 heteroatoms. The van der Waals surface area contributed by atoms with Crippen molar-refractivity contribution in [2.45, 2.75) is 31.5 Å². The summed E-state index contributed by atoms with van der Waals surface area (Å²) in [6.45, 7) is 1.92. The summed E-state index contributed by atoms with van der Waals surface area (Å²) >= 11 is 0. The highest BCUT2D eigenvalue weighted by atomic mass is 16.5. The van der Waals surface area contributed by atoms with Crippen molar-refractivity contribution in [1.82, 2.24) is 0 Å². The minimum Gasteiger partial charge on any atom is -0.466 e. The molecule has 0 bridgehead atoms. The van der Waals surface area contributed by atoms with E-state index in [0.29, 0.717) is 12.8 Å². The van der Waals surface area contributed by atoms with E-state index < -0.39 is 17.5 Å². The fraction of sp³-hybridized carbons (Fsp3) is 0.545. The normalized spacial score (nSPS) is 39.4. The van der Waals surface area contributed by atoms with Gasteiger partial charge in [0.1, 0.15) is 11.9 Å². The molecule has 82 valence electrons. The minimum atomic E-state index is -1.87. The molecule has 4 nitrogen and oxygen atoms in total.